The largest absolute Gasteiger partial charge is 0.380 e. The molecule has 1 fully saturated rings. The number of rotatable bonds is 4. The summed E-state index contributed by atoms with van der Waals surface area (Å²) in [5, 5.41) is 11.4. The summed E-state index contributed by atoms with van der Waals surface area (Å²) in [5.41, 5.74) is 0.551. The summed E-state index contributed by atoms with van der Waals surface area (Å²) in [7, 11) is 0. The van der Waals surface area contributed by atoms with Gasteiger partial charge in [-0.05, 0) is 18.1 Å². The average Bonchev–Trinajstić information content (AvgIpc) is 2.95. The maximum absolute atomic E-state index is 11.4. The van der Waals surface area contributed by atoms with Gasteiger partial charge < -0.3 is 14.6 Å². The van der Waals surface area contributed by atoms with E-state index < -0.39 is 11.4 Å². The Morgan fingerprint density at radius 1 is 0.905 bits per heavy atom. The van der Waals surface area contributed by atoms with Crippen molar-refractivity contribution in [3.05, 3.63) is 71.8 Å². The second-order valence-corrected chi connectivity index (χ2v) is 5.60. The van der Waals surface area contributed by atoms with E-state index in [4.69, 9.17) is 9.47 Å². The highest BCUT2D eigenvalue weighted by molar-refractivity contribution is 5.36. The third-order valence-electron chi connectivity index (χ3n) is 3.98. The van der Waals surface area contributed by atoms with Gasteiger partial charge in [-0.2, -0.15) is 0 Å². The van der Waals surface area contributed by atoms with E-state index in [9.17, 15) is 5.11 Å². The normalized spacial score (nSPS) is 17.8. The van der Waals surface area contributed by atoms with Crippen LogP contribution in [0.1, 0.15) is 24.5 Å². The predicted molar refractivity (Wildman–Crippen MR) is 80.8 cm³/mol. The zero-order chi connectivity index (χ0) is 14.8. The Balaban J connectivity index is 2.03. The number of hydrogen-bond acceptors (Lipinski definition) is 3. The molecule has 3 heteroatoms. The lowest BCUT2D eigenvalue weighted by atomic mass is 9.81. The molecule has 1 aliphatic heterocycles. The topological polar surface area (TPSA) is 38.7 Å². The quantitative estimate of drug-likeness (QED) is 0.937. The molecule has 3 rings (SSSR count). The van der Waals surface area contributed by atoms with Gasteiger partial charge in [0.2, 0.25) is 0 Å². The first kappa shape index (κ1) is 14.3. The molecule has 0 aliphatic carbocycles. The molecule has 0 amide bonds. The van der Waals surface area contributed by atoms with Gasteiger partial charge in [-0.15, -0.1) is 0 Å². The molecule has 0 unspecified atom stereocenters. The summed E-state index contributed by atoms with van der Waals surface area (Å²) in [6.45, 7) is 3.02. The van der Waals surface area contributed by atoms with Crippen LogP contribution < -0.4 is 0 Å². The Morgan fingerprint density at radius 3 is 1.76 bits per heavy atom. The molecule has 1 saturated heterocycles. The smallest absolute Gasteiger partial charge is 0.169 e. The summed E-state index contributed by atoms with van der Waals surface area (Å²) in [6, 6.07) is 19.4. The van der Waals surface area contributed by atoms with E-state index in [1.807, 2.05) is 67.6 Å². The van der Waals surface area contributed by atoms with Crippen LogP contribution in [0.4, 0.5) is 0 Å². The Bertz CT molecular complexity index is 534. The molecule has 0 aromatic heterocycles. The first-order valence-electron chi connectivity index (χ1n) is 7.24. The monoisotopic (exact) mass is 284 g/mol. The Morgan fingerprint density at radius 2 is 1.33 bits per heavy atom. The minimum Gasteiger partial charge on any atom is -0.380 e. The molecule has 21 heavy (non-hydrogen) atoms. The fraction of sp³-hybridized carbons (Fsp3) is 0.333. The predicted octanol–water partition coefficient (Wildman–Crippen LogP) is 3.08. The van der Waals surface area contributed by atoms with Crippen molar-refractivity contribution < 1.29 is 14.6 Å². The second-order valence-electron chi connectivity index (χ2n) is 5.60. The van der Waals surface area contributed by atoms with Crippen molar-refractivity contribution in [3.8, 4) is 0 Å². The van der Waals surface area contributed by atoms with Crippen LogP contribution >= 0.6 is 0 Å². The Kier molecular flexibility index (Phi) is 3.81. The number of ether oxygens (including phenoxy) is 2. The molecule has 110 valence electrons. The molecule has 0 bridgehead atoms. The van der Waals surface area contributed by atoms with Gasteiger partial charge in [0.15, 0.2) is 5.79 Å². The van der Waals surface area contributed by atoms with Gasteiger partial charge >= 0.3 is 0 Å². The van der Waals surface area contributed by atoms with Crippen LogP contribution in [0, 0.1) is 0 Å². The van der Waals surface area contributed by atoms with Crippen LogP contribution in [0.5, 0.6) is 0 Å². The summed E-state index contributed by atoms with van der Waals surface area (Å²) in [4.78, 5) is 0. The lowest BCUT2D eigenvalue weighted by molar-refractivity contribution is -0.176. The molecule has 0 saturated carbocycles. The van der Waals surface area contributed by atoms with Crippen LogP contribution in [0.25, 0.3) is 0 Å². The van der Waals surface area contributed by atoms with Crippen molar-refractivity contribution in [3.63, 3.8) is 0 Å². The number of hydrogen-bond donors (Lipinski definition) is 1. The van der Waals surface area contributed by atoms with Crippen molar-refractivity contribution in [1.82, 2.24) is 0 Å². The first-order valence-corrected chi connectivity index (χ1v) is 7.24. The lowest BCUT2D eigenvalue weighted by Gasteiger charge is -2.35. The van der Waals surface area contributed by atoms with Crippen molar-refractivity contribution >= 4 is 0 Å². The van der Waals surface area contributed by atoms with Crippen molar-refractivity contribution in [2.24, 2.45) is 0 Å². The first-order chi connectivity index (χ1) is 10.1. The maximum atomic E-state index is 11.4. The number of benzene rings is 2. The van der Waals surface area contributed by atoms with Crippen molar-refractivity contribution in [2.45, 2.75) is 24.7 Å². The van der Waals surface area contributed by atoms with E-state index in [1.165, 1.54) is 0 Å². The zero-order valence-electron chi connectivity index (χ0n) is 12.2. The fourth-order valence-corrected chi connectivity index (χ4v) is 2.92. The van der Waals surface area contributed by atoms with Crippen LogP contribution in [-0.4, -0.2) is 24.1 Å². The van der Waals surface area contributed by atoms with Crippen LogP contribution in [-0.2, 0) is 15.1 Å². The molecule has 1 N–H and O–H groups in total. The van der Waals surface area contributed by atoms with Crippen LogP contribution in [0.3, 0.4) is 0 Å². The third kappa shape index (κ3) is 2.86. The summed E-state index contributed by atoms with van der Waals surface area (Å²) in [6.07, 6.45) is 0.355. The SMILES string of the molecule is CC1(CC(O)(c2ccccc2)c2ccccc2)OCCO1. The molecule has 3 nitrogen and oxygen atoms in total. The minimum absolute atomic E-state index is 0.355. The highest BCUT2D eigenvalue weighted by Crippen LogP contribution is 2.39. The van der Waals surface area contributed by atoms with Gasteiger partial charge in [-0.25, -0.2) is 0 Å². The third-order valence-corrected chi connectivity index (χ3v) is 3.98. The standard InChI is InChI=1S/C18H20O3/c1-17(20-12-13-21-17)14-18(19,15-8-4-2-5-9-15)16-10-6-3-7-11-16/h2-11,19H,12-14H2,1H3. The highest BCUT2D eigenvalue weighted by Gasteiger charge is 2.43. The van der Waals surface area contributed by atoms with E-state index in [0.717, 1.165) is 11.1 Å². The van der Waals surface area contributed by atoms with Gasteiger partial charge in [-0.1, -0.05) is 60.7 Å². The van der Waals surface area contributed by atoms with E-state index in [1.54, 1.807) is 0 Å². The van der Waals surface area contributed by atoms with Crippen molar-refractivity contribution in [2.75, 3.05) is 13.2 Å². The Hall–Kier alpha value is -1.68. The maximum Gasteiger partial charge on any atom is 0.169 e. The second kappa shape index (κ2) is 5.60. The average molecular weight is 284 g/mol. The summed E-state index contributed by atoms with van der Waals surface area (Å²) < 4.78 is 11.4. The summed E-state index contributed by atoms with van der Waals surface area (Å²) >= 11 is 0. The molecule has 0 atom stereocenters. The van der Waals surface area contributed by atoms with Crippen LogP contribution in [0.15, 0.2) is 60.7 Å². The van der Waals surface area contributed by atoms with Gasteiger partial charge in [-0.3, -0.25) is 0 Å². The van der Waals surface area contributed by atoms with Crippen LogP contribution in [0.2, 0.25) is 0 Å². The van der Waals surface area contributed by atoms with E-state index in [-0.39, 0.29) is 0 Å². The van der Waals surface area contributed by atoms with Gasteiger partial charge in [0, 0.05) is 6.42 Å². The van der Waals surface area contributed by atoms with E-state index in [0.29, 0.717) is 19.6 Å². The van der Waals surface area contributed by atoms with Crippen molar-refractivity contribution in [1.29, 1.82) is 0 Å². The van der Waals surface area contributed by atoms with E-state index in [2.05, 4.69) is 0 Å². The molecular weight excluding hydrogens is 264 g/mol. The highest BCUT2D eigenvalue weighted by atomic mass is 16.7. The van der Waals surface area contributed by atoms with Gasteiger partial charge in [0.25, 0.3) is 0 Å². The Labute approximate surface area is 125 Å². The molecule has 0 spiro atoms. The molecule has 1 aliphatic rings. The molecule has 2 aromatic rings. The zero-order valence-corrected chi connectivity index (χ0v) is 12.2. The van der Waals surface area contributed by atoms with E-state index >= 15 is 0 Å². The van der Waals surface area contributed by atoms with Gasteiger partial charge in [0.05, 0.1) is 13.2 Å². The fourth-order valence-electron chi connectivity index (χ4n) is 2.92. The molecule has 1 heterocycles. The summed E-state index contributed by atoms with van der Waals surface area (Å²) in [5.74, 6) is -0.763. The molecule has 2 aromatic carbocycles. The molecule has 0 radical (unpaired) electrons. The minimum atomic E-state index is -1.14. The molecular formula is C18H20O3. The lowest BCUT2D eigenvalue weighted by Crippen LogP contribution is -2.39. The number of aliphatic hydroxyl groups is 1. The van der Waals surface area contributed by atoms with Gasteiger partial charge in [0.1, 0.15) is 5.60 Å².